The van der Waals surface area contributed by atoms with Crippen molar-refractivity contribution in [1.29, 1.82) is 0 Å². The maximum Gasteiger partial charge on any atom is 0.101 e. The number of allylic oxidation sites excluding steroid dienone is 1. The van der Waals surface area contributed by atoms with Gasteiger partial charge in [0.25, 0.3) is 0 Å². The van der Waals surface area contributed by atoms with Gasteiger partial charge in [0, 0.05) is 0 Å². The van der Waals surface area contributed by atoms with Crippen molar-refractivity contribution in [2.75, 3.05) is 6.61 Å². The minimum Gasteiger partial charge on any atom is -0.365 e. The van der Waals surface area contributed by atoms with Crippen molar-refractivity contribution >= 4 is 0 Å². The van der Waals surface area contributed by atoms with Crippen LogP contribution in [0.15, 0.2) is 54.6 Å². The normalized spacial score (nSPS) is 12.8. The molecule has 98 valence electrons. The first kappa shape index (κ1) is 14.7. The Bertz CT molecular complexity index is 364. The van der Waals surface area contributed by atoms with Gasteiger partial charge in [0.05, 0.1) is 6.61 Å². The molecule has 0 N–H and O–H groups in total. The highest BCUT2D eigenvalue weighted by atomic mass is 16.5. The summed E-state index contributed by atoms with van der Waals surface area (Å²) in [5.74, 6) is 0. The van der Waals surface area contributed by atoms with Crippen LogP contribution in [0.3, 0.4) is 0 Å². The second-order valence-corrected chi connectivity index (χ2v) is 4.52. The maximum atomic E-state index is 5.94. The van der Waals surface area contributed by atoms with Crippen LogP contribution in [-0.2, 0) is 4.74 Å². The van der Waals surface area contributed by atoms with E-state index in [-0.39, 0.29) is 6.10 Å². The van der Waals surface area contributed by atoms with Crippen LogP contribution in [0.4, 0.5) is 0 Å². The number of hydrogen-bond acceptors (Lipinski definition) is 1. The highest BCUT2D eigenvalue weighted by Gasteiger charge is 2.07. The monoisotopic (exact) mass is 244 g/mol. The van der Waals surface area contributed by atoms with Crippen LogP contribution in [0.5, 0.6) is 0 Å². The molecule has 0 aliphatic rings. The van der Waals surface area contributed by atoms with Gasteiger partial charge in [-0.15, -0.1) is 0 Å². The van der Waals surface area contributed by atoms with Gasteiger partial charge in [0.2, 0.25) is 0 Å². The fourth-order valence-corrected chi connectivity index (χ4v) is 1.79. The number of benzene rings is 1. The summed E-state index contributed by atoms with van der Waals surface area (Å²) in [6.07, 6.45) is 7.62. The molecule has 1 rings (SSSR count). The number of rotatable bonds is 8. The van der Waals surface area contributed by atoms with Gasteiger partial charge >= 0.3 is 0 Å². The van der Waals surface area contributed by atoms with E-state index in [1.165, 1.54) is 24.0 Å². The second kappa shape index (κ2) is 8.71. The van der Waals surface area contributed by atoms with Crippen molar-refractivity contribution in [2.24, 2.45) is 0 Å². The Hall–Kier alpha value is -1.34. The summed E-state index contributed by atoms with van der Waals surface area (Å²) < 4.78 is 5.94. The zero-order chi connectivity index (χ0) is 13.2. The largest absolute Gasteiger partial charge is 0.365 e. The molecule has 0 heterocycles. The van der Waals surface area contributed by atoms with Gasteiger partial charge in [-0.05, 0) is 25.3 Å². The molecule has 0 radical (unpaired) electrons. The quantitative estimate of drug-likeness (QED) is 0.580. The van der Waals surface area contributed by atoms with E-state index in [0.29, 0.717) is 6.61 Å². The summed E-state index contributed by atoms with van der Waals surface area (Å²) in [5, 5.41) is 0. The lowest BCUT2D eigenvalue weighted by atomic mass is 10.1. The molecule has 0 amide bonds. The van der Waals surface area contributed by atoms with Gasteiger partial charge in [-0.25, -0.2) is 0 Å². The average molecular weight is 244 g/mol. The first-order valence-electron chi connectivity index (χ1n) is 6.74. The summed E-state index contributed by atoms with van der Waals surface area (Å²) in [7, 11) is 0. The third-order valence-electron chi connectivity index (χ3n) is 2.85. The first-order valence-corrected chi connectivity index (χ1v) is 6.74. The zero-order valence-corrected chi connectivity index (χ0v) is 11.6. The van der Waals surface area contributed by atoms with Crippen molar-refractivity contribution in [2.45, 2.75) is 39.2 Å². The topological polar surface area (TPSA) is 9.23 Å². The van der Waals surface area contributed by atoms with Gasteiger partial charge in [0.15, 0.2) is 0 Å². The van der Waals surface area contributed by atoms with Crippen LogP contribution in [0.1, 0.15) is 44.8 Å². The van der Waals surface area contributed by atoms with E-state index in [9.17, 15) is 0 Å². The Morgan fingerprint density at radius 3 is 2.67 bits per heavy atom. The van der Waals surface area contributed by atoms with E-state index < -0.39 is 0 Å². The smallest absolute Gasteiger partial charge is 0.101 e. The third kappa shape index (κ3) is 5.33. The number of ether oxygens (including phenoxy) is 1. The predicted molar refractivity (Wildman–Crippen MR) is 78.6 cm³/mol. The Kier molecular flexibility index (Phi) is 7.12. The fraction of sp³-hybridized carbons (Fsp3) is 0.412. The van der Waals surface area contributed by atoms with E-state index in [0.717, 1.165) is 6.42 Å². The van der Waals surface area contributed by atoms with E-state index in [1.807, 2.05) is 31.2 Å². The van der Waals surface area contributed by atoms with Crippen LogP contribution in [0, 0.1) is 0 Å². The zero-order valence-electron chi connectivity index (χ0n) is 11.6. The molecule has 1 nitrogen and oxygen atoms in total. The number of hydrogen-bond donors (Lipinski definition) is 0. The Balaban J connectivity index is 2.52. The fourth-order valence-electron chi connectivity index (χ4n) is 1.79. The molecule has 0 fully saturated rings. The SMILES string of the molecule is C=C(CCCC)COC(/C=C/C)c1ccccc1. The van der Waals surface area contributed by atoms with Crippen molar-refractivity contribution in [3.8, 4) is 0 Å². The molecule has 1 heteroatoms. The highest BCUT2D eigenvalue weighted by Crippen LogP contribution is 2.20. The maximum absolute atomic E-state index is 5.94. The van der Waals surface area contributed by atoms with Crippen LogP contribution >= 0.6 is 0 Å². The molecular formula is C17H24O. The Labute approximate surface area is 111 Å². The summed E-state index contributed by atoms with van der Waals surface area (Å²) in [6, 6.07) is 10.3. The molecule has 0 spiro atoms. The number of unbranched alkanes of at least 4 members (excludes halogenated alkanes) is 1. The molecule has 0 aromatic heterocycles. The Morgan fingerprint density at radius 2 is 2.06 bits per heavy atom. The van der Waals surface area contributed by atoms with Gasteiger partial charge < -0.3 is 4.74 Å². The minimum atomic E-state index is 0.0366. The molecule has 0 bridgehead atoms. The van der Waals surface area contributed by atoms with E-state index in [4.69, 9.17) is 4.74 Å². The van der Waals surface area contributed by atoms with Crippen molar-refractivity contribution in [3.05, 3.63) is 60.2 Å². The molecule has 0 aliphatic heterocycles. The Morgan fingerprint density at radius 1 is 1.33 bits per heavy atom. The van der Waals surface area contributed by atoms with Crippen molar-refractivity contribution in [1.82, 2.24) is 0 Å². The van der Waals surface area contributed by atoms with Gasteiger partial charge in [0.1, 0.15) is 6.10 Å². The molecule has 1 unspecified atom stereocenters. The minimum absolute atomic E-state index is 0.0366. The van der Waals surface area contributed by atoms with E-state index >= 15 is 0 Å². The van der Waals surface area contributed by atoms with Crippen LogP contribution in [0.25, 0.3) is 0 Å². The molecule has 18 heavy (non-hydrogen) atoms. The molecular weight excluding hydrogens is 220 g/mol. The summed E-state index contributed by atoms with van der Waals surface area (Å²) in [6.45, 7) is 8.93. The van der Waals surface area contributed by atoms with Crippen LogP contribution in [0.2, 0.25) is 0 Å². The second-order valence-electron chi connectivity index (χ2n) is 4.52. The lowest BCUT2D eigenvalue weighted by Gasteiger charge is -2.15. The molecule has 0 aliphatic carbocycles. The third-order valence-corrected chi connectivity index (χ3v) is 2.85. The summed E-state index contributed by atoms with van der Waals surface area (Å²) >= 11 is 0. The standard InChI is InChI=1S/C17H24O/c1-4-6-11-15(3)14-18-17(10-5-2)16-12-8-7-9-13-16/h5,7-10,12-13,17H,3-4,6,11,14H2,1-2H3/b10-5+. The van der Waals surface area contributed by atoms with Crippen molar-refractivity contribution < 1.29 is 4.74 Å². The molecule has 1 atom stereocenters. The van der Waals surface area contributed by atoms with E-state index in [2.05, 4.69) is 31.7 Å². The molecule has 1 aromatic carbocycles. The highest BCUT2D eigenvalue weighted by molar-refractivity contribution is 5.21. The molecule has 0 saturated heterocycles. The van der Waals surface area contributed by atoms with Gasteiger partial charge in [-0.3, -0.25) is 0 Å². The lowest BCUT2D eigenvalue weighted by Crippen LogP contribution is -2.04. The lowest BCUT2D eigenvalue weighted by molar-refractivity contribution is 0.103. The van der Waals surface area contributed by atoms with Crippen molar-refractivity contribution in [3.63, 3.8) is 0 Å². The van der Waals surface area contributed by atoms with Crippen LogP contribution < -0.4 is 0 Å². The summed E-state index contributed by atoms with van der Waals surface area (Å²) in [5.41, 5.74) is 2.38. The predicted octanol–water partition coefficient (Wildman–Crippen LogP) is 5.07. The van der Waals surface area contributed by atoms with Gasteiger partial charge in [-0.1, -0.05) is 68.0 Å². The van der Waals surface area contributed by atoms with E-state index in [1.54, 1.807) is 0 Å². The average Bonchev–Trinajstić information content (AvgIpc) is 2.42. The van der Waals surface area contributed by atoms with Gasteiger partial charge in [-0.2, -0.15) is 0 Å². The van der Waals surface area contributed by atoms with Crippen LogP contribution in [-0.4, -0.2) is 6.61 Å². The summed E-state index contributed by atoms with van der Waals surface area (Å²) in [4.78, 5) is 0. The molecule has 1 aromatic rings. The first-order chi connectivity index (χ1) is 8.77. The molecule has 0 saturated carbocycles.